The van der Waals surface area contributed by atoms with Crippen LogP contribution in [-0.4, -0.2) is 16.1 Å². The van der Waals surface area contributed by atoms with Gasteiger partial charge in [-0.2, -0.15) is 0 Å². The fourth-order valence-corrected chi connectivity index (χ4v) is 4.57. The molecule has 0 radical (unpaired) electrons. The van der Waals surface area contributed by atoms with Gasteiger partial charge in [0.05, 0.1) is 6.42 Å². The molecule has 4 nitrogen and oxygen atoms in total. The van der Waals surface area contributed by atoms with Crippen LogP contribution in [0.25, 0.3) is 0 Å². The number of thioether (sulfide) groups is 1. The molecule has 1 aromatic carbocycles. The Kier molecular flexibility index (Phi) is 5.66. The number of amides is 1. The third kappa shape index (κ3) is 4.78. The zero-order chi connectivity index (χ0) is 16.1. The third-order valence-electron chi connectivity index (χ3n) is 2.88. The zero-order valence-electron chi connectivity index (χ0n) is 11.9. The molecule has 2 heterocycles. The van der Waals surface area contributed by atoms with Gasteiger partial charge in [-0.15, -0.1) is 21.5 Å². The number of nitrogens with one attached hydrogen (secondary N) is 1. The Morgan fingerprint density at radius 1 is 1.22 bits per heavy atom. The Balaban J connectivity index is 1.54. The number of hydrogen-bond acceptors (Lipinski definition) is 6. The number of rotatable bonds is 6. The van der Waals surface area contributed by atoms with Crippen molar-refractivity contribution >= 4 is 57.1 Å². The highest BCUT2D eigenvalue weighted by Gasteiger charge is 2.11. The summed E-state index contributed by atoms with van der Waals surface area (Å²) in [5.74, 6) is 0.712. The van der Waals surface area contributed by atoms with Gasteiger partial charge in [0.25, 0.3) is 0 Å². The van der Waals surface area contributed by atoms with Crippen LogP contribution in [0.1, 0.15) is 10.4 Å². The van der Waals surface area contributed by atoms with Crippen molar-refractivity contribution in [1.29, 1.82) is 0 Å². The lowest BCUT2D eigenvalue weighted by molar-refractivity contribution is -0.115. The smallest absolute Gasteiger partial charge is 0.230 e. The number of aromatic nitrogens is 2. The second-order valence-electron chi connectivity index (χ2n) is 4.56. The van der Waals surface area contributed by atoms with E-state index >= 15 is 0 Å². The average molecular weight is 382 g/mol. The molecule has 1 N–H and O–H groups in total. The molecule has 0 spiro atoms. The lowest BCUT2D eigenvalue weighted by Gasteiger charge is -2.03. The monoisotopic (exact) mass is 381 g/mol. The SMILES string of the molecule is O=C(Cc1ccccc1Cl)Nc1nnc(SCc2cccs2)s1. The van der Waals surface area contributed by atoms with E-state index in [1.54, 1.807) is 29.2 Å². The fourth-order valence-electron chi connectivity index (χ4n) is 1.82. The molecule has 3 rings (SSSR count). The topological polar surface area (TPSA) is 54.9 Å². The molecule has 0 aliphatic rings. The average Bonchev–Trinajstić information content (AvgIpc) is 3.19. The van der Waals surface area contributed by atoms with Gasteiger partial charge in [-0.3, -0.25) is 4.79 Å². The third-order valence-corrected chi connectivity index (χ3v) is 6.33. The van der Waals surface area contributed by atoms with Gasteiger partial charge >= 0.3 is 0 Å². The highest BCUT2D eigenvalue weighted by atomic mass is 35.5. The van der Waals surface area contributed by atoms with Crippen LogP contribution in [0.4, 0.5) is 5.13 Å². The van der Waals surface area contributed by atoms with E-state index in [2.05, 4.69) is 27.0 Å². The van der Waals surface area contributed by atoms with Crippen LogP contribution >= 0.6 is 46.0 Å². The highest BCUT2D eigenvalue weighted by Crippen LogP contribution is 2.29. The minimum absolute atomic E-state index is 0.149. The Morgan fingerprint density at radius 2 is 2.09 bits per heavy atom. The van der Waals surface area contributed by atoms with Crippen LogP contribution in [0.15, 0.2) is 46.1 Å². The summed E-state index contributed by atoms with van der Waals surface area (Å²) in [6.45, 7) is 0. The Labute approximate surface area is 150 Å². The molecule has 0 saturated heterocycles. The van der Waals surface area contributed by atoms with Crippen molar-refractivity contribution in [2.24, 2.45) is 0 Å². The van der Waals surface area contributed by atoms with Crippen molar-refractivity contribution in [3.63, 3.8) is 0 Å². The standard InChI is InChI=1S/C15H12ClN3OS3/c16-12-6-2-1-4-10(12)8-13(20)17-14-18-19-15(23-14)22-9-11-5-3-7-21-11/h1-7H,8-9H2,(H,17,18,20). The van der Waals surface area contributed by atoms with E-state index in [1.807, 2.05) is 24.3 Å². The van der Waals surface area contributed by atoms with Gasteiger partial charge < -0.3 is 5.32 Å². The molecule has 2 aromatic heterocycles. The van der Waals surface area contributed by atoms with Crippen LogP contribution < -0.4 is 5.32 Å². The molecule has 0 bridgehead atoms. The first-order valence-electron chi connectivity index (χ1n) is 6.72. The molecule has 118 valence electrons. The predicted molar refractivity (Wildman–Crippen MR) is 97.6 cm³/mol. The fraction of sp³-hybridized carbons (Fsp3) is 0.133. The summed E-state index contributed by atoms with van der Waals surface area (Å²) in [7, 11) is 0. The number of carbonyl (C=O) groups excluding carboxylic acids is 1. The van der Waals surface area contributed by atoms with Crippen LogP contribution in [0.3, 0.4) is 0 Å². The maximum absolute atomic E-state index is 12.1. The molecule has 0 aliphatic heterocycles. The van der Waals surface area contributed by atoms with Gasteiger partial charge in [0, 0.05) is 15.7 Å². The Hall–Kier alpha value is -1.41. The van der Waals surface area contributed by atoms with Gasteiger partial charge in [-0.25, -0.2) is 0 Å². The summed E-state index contributed by atoms with van der Waals surface area (Å²) in [6.07, 6.45) is 0.219. The summed E-state index contributed by atoms with van der Waals surface area (Å²) in [4.78, 5) is 13.3. The van der Waals surface area contributed by atoms with E-state index in [0.29, 0.717) is 10.2 Å². The Morgan fingerprint density at radius 3 is 2.87 bits per heavy atom. The van der Waals surface area contributed by atoms with Gasteiger partial charge in [-0.1, -0.05) is 59.0 Å². The first-order valence-corrected chi connectivity index (χ1v) is 9.78. The van der Waals surface area contributed by atoms with Crippen LogP contribution in [0.5, 0.6) is 0 Å². The number of anilines is 1. The molecule has 3 aromatic rings. The predicted octanol–water partition coefficient (Wildman–Crippen LogP) is 4.73. The van der Waals surface area contributed by atoms with Gasteiger partial charge in [0.2, 0.25) is 11.0 Å². The van der Waals surface area contributed by atoms with Crippen molar-refractivity contribution in [3.05, 3.63) is 57.2 Å². The summed E-state index contributed by atoms with van der Waals surface area (Å²) in [6, 6.07) is 11.4. The summed E-state index contributed by atoms with van der Waals surface area (Å²) >= 11 is 10.8. The number of hydrogen-bond donors (Lipinski definition) is 1. The molecule has 0 saturated carbocycles. The lowest BCUT2D eigenvalue weighted by Crippen LogP contribution is -2.14. The van der Waals surface area contributed by atoms with E-state index in [-0.39, 0.29) is 12.3 Å². The van der Waals surface area contributed by atoms with Crippen molar-refractivity contribution in [2.45, 2.75) is 16.5 Å². The number of carbonyl (C=O) groups is 1. The molecule has 0 aliphatic carbocycles. The molecular weight excluding hydrogens is 370 g/mol. The molecule has 1 amide bonds. The molecule has 8 heteroatoms. The number of nitrogens with zero attached hydrogens (tertiary/aromatic N) is 2. The lowest BCUT2D eigenvalue weighted by atomic mass is 10.1. The summed E-state index contributed by atoms with van der Waals surface area (Å²) in [5, 5.41) is 14.0. The summed E-state index contributed by atoms with van der Waals surface area (Å²) in [5.41, 5.74) is 0.795. The normalized spacial score (nSPS) is 10.7. The molecular formula is C15H12ClN3OS3. The van der Waals surface area contributed by atoms with Crippen molar-refractivity contribution < 1.29 is 4.79 Å². The second-order valence-corrected chi connectivity index (χ2v) is 8.20. The van der Waals surface area contributed by atoms with Gasteiger partial charge in [0.1, 0.15) is 0 Å². The zero-order valence-corrected chi connectivity index (χ0v) is 15.1. The van der Waals surface area contributed by atoms with Crippen LogP contribution in [0.2, 0.25) is 5.02 Å². The first-order chi connectivity index (χ1) is 11.2. The quantitative estimate of drug-likeness (QED) is 0.495. The van der Waals surface area contributed by atoms with E-state index in [9.17, 15) is 4.79 Å². The van der Waals surface area contributed by atoms with Gasteiger partial charge in [-0.05, 0) is 23.1 Å². The van der Waals surface area contributed by atoms with E-state index in [0.717, 1.165) is 15.7 Å². The minimum atomic E-state index is -0.149. The van der Waals surface area contributed by atoms with Crippen LogP contribution in [-0.2, 0) is 17.0 Å². The number of benzene rings is 1. The second kappa shape index (κ2) is 7.92. The van der Waals surface area contributed by atoms with Gasteiger partial charge in [0.15, 0.2) is 4.34 Å². The molecule has 23 heavy (non-hydrogen) atoms. The number of thiophene rings is 1. The molecule has 0 fully saturated rings. The molecule has 0 atom stereocenters. The van der Waals surface area contributed by atoms with Crippen molar-refractivity contribution in [3.8, 4) is 0 Å². The van der Waals surface area contributed by atoms with E-state index < -0.39 is 0 Å². The first kappa shape index (κ1) is 16.4. The highest BCUT2D eigenvalue weighted by molar-refractivity contribution is 8.00. The number of halogens is 1. The Bertz CT molecular complexity index is 789. The molecule has 0 unspecified atom stereocenters. The van der Waals surface area contributed by atoms with Crippen molar-refractivity contribution in [1.82, 2.24) is 10.2 Å². The largest absolute Gasteiger partial charge is 0.300 e. The van der Waals surface area contributed by atoms with Crippen molar-refractivity contribution in [2.75, 3.05) is 5.32 Å². The maximum atomic E-state index is 12.1. The maximum Gasteiger partial charge on any atom is 0.230 e. The van der Waals surface area contributed by atoms with E-state index in [1.165, 1.54) is 16.2 Å². The summed E-state index contributed by atoms with van der Waals surface area (Å²) < 4.78 is 0.839. The van der Waals surface area contributed by atoms with E-state index in [4.69, 9.17) is 11.6 Å². The minimum Gasteiger partial charge on any atom is -0.300 e. The van der Waals surface area contributed by atoms with Crippen LogP contribution in [0, 0.1) is 0 Å².